The molecule has 0 saturated carbocycles. The molecule has 4 heavy (non-hydrogen) atoms. The molecule has 0 rings (SSSR count). The molecule has 0 unspecified atom stereocenters. The van der Waals surface area contributed by atoms with E-state index in [-0.39, 0.29) is 51.4 Å². The molecular weight excluding hydrogens is 209 g/mol. The summed E-state index contributed by atoms with van der Waals surface area (Å²) < 4.78 is 0. The van der Waals surface area contributed by atoms with Crippen LogP contribution in [0, 0.1) is 0 Å². The van der Waals surface area contributed by atoms with E-state index in [1.165, 1.54) is 0 Å². The van der Waals surface area contributed by atoms with Crippen LogP contribution in [0.3, 0.4) is 0 Å². The summed E-state index contributed by atoms with van der Waals surface area (Å²) in [5.41, 5.74) is 0. The predicted molar refractivity (Wildman–Crippen MR) is 13.0 cm³/mol. The largest absolute Gasteiger partial charge is 0.412 e. The van der Waals surface area contributed by atoms with Gasteiger partial charge < -0.3 is 11.0 Å². The summed E-state index contributed by atoms with van der Waals surface area (Å²) in [6.07, 6.45) is 0. The van der Waals surface area contributed by atoms with Crippen LogP contribution in [0.25, 0.3) is 0 Å². The molecule has 0 spiro atoms. The van der Waals surface area contributed by atoms with E-state index in [2.05, 4.69) is 0 Å². The molecule has 30 valence electrons. The second kappa shape index (κ2) is 29.6. The van der Waals surface area contributed by atoms with Crippen LogP contribution in [0.5, 0.6) is 0 Å². The normalized spacial score (nSPS) is 0. The molecule has 4 radical (unpaired) electrons. The van der Waals surface area contributed by atoms with Crippen LogP contribution in [0.4, 0.5) is 0 Å². The Labute approximate surface area is 51.5 Å². The van der Waals surface area contributed by atoms with Crippen molar-refractivity contribution in [2.24, 2.45) is 0 Å². The maximum Gasteiger partial charge on any atom is 0 e. The fraction of sp³-hybridized carbons (Fsp3) is 0. The molecule has 0 aliphatic heterocycles. The van der Waals surface area contributed by atoms with Crippen molar-refractivity contribution in [3.05, 3.63) is 0 Å². The first-order valence-corrected chi connectivity index (χ1v) is 0. The standard InChI is InChI=1S/Ni.2H2O.Sn/h;2*1H2;. The van der Waals surface area contributed by atoms with E-state index in [0.717, 1.165) is 0 Å². The van der Waals surface area contributed by atoms with Crippen LogP contribution in [0.1, 0.15) is 0 Å². The van der Waals surface area contributed by atoms with Gasteiger partial charge in [-0.3, -0.25) is 0 Å². The van der Waals surface area contributed by atoms with E-state index < -0.39 is 0 Å². The molecular formula is H4NiO2Sn. The minimum atomic E-state index is 0. The molecule has 0 bridgehead atoms. The second-order valence-corrected chi connectivity index (χ2v) is 0. The van der Waals surface area contributed by atoms with Gasteiger partial charge in [-0.2, -0.15) is 0 Å². The van der Waals surface area contributed by atoms with Crippen LogP contribution in [0.2, 0.25) is 0 Å². The Bertz CT molecular complexity index is 6.00. The van der Waals surface area contributed by atoms with Gasteiger partial charge in [-0.25, -0.2) is 0 Å². The van der Waals surface area contributed by atoms with Gasteiger partial charge in [0.1, 0.15) is 0 Å². The van der Waals surface area contributed by atoms with Gasteiger partial charge in [-0.1, -0.05) is 0 Å². The van der Waals surface area contributed by atoms with Crippen LogP contribution >= 0.6 is 0 Å². The quantitative estimate of drug-likeness (QED) is 0.417. The maximum absolute atomic E-state index is 0. The molecule has 0 aliphatic rings. The molecule has 0 aromatic heterocycles. The van der Waals surface area contributed by atoms with Gasteiger partial charge in [0.05, 0.1) is 0 Å². The summed E-state index contributed by atoms with van der Waals surface area (Å²) >= 11 is 0. The SMILES string of the molecule is O.O.[Ni].[Sn]. The van der Waals surface area contributed by atoms with Crippen molar-refractivity contribution in [1.82, 2.24) is 0 Å². The third-order valence-electron chi connectivity index (χ3n) is 0. The van der Waals surface area contributed by atoms with Crippen molar-refractivity contribution in [3.63, 3.8) is 0 Å². The number of hydrogen-bond donors (Lipinski definition) is 0. The van der Waals surface area contributed by atoms with E-state index in [0.29, 0.717) is 0 Å². The molecule has 2 nitrogen and oxygen atoms in total. The van der Waals surface area contributed by atoms with E-state index in [9.17, 15) is 0 Å². The summed E-state index contributed by atoms with van der Waals surface area (Å²) in [5.74, 6) is 0. The Kier molecular flexibility index (Phi) is 465. The van der Waals surface area contributed by atoms with Crippen molar-refractivity contribution in [3.8, 4) is 0 Å². The van der Waals surface area contributed by atoms with E-state index >= 15 is 0 Å². The Morgan fingerprint density at radius 2 is 0.750 bits per heavy atom. The molecule has 0 atom stereocenters. The first-order valence-electron chi connectivity index (χ1n) is 0. The van der Waals surface area contributed by atoms with Crippen LogP contribution in [0.15, 0.2) is 0 Å². The summed E-state index contributed by atoms with van der Waals surface area (Å²) in [4.78, 5) is 0. The Balaban J connectivity index is 0. The molecule has 0 fully saturated rings. The van der Waals surface area contributed by atoms with Crippen molar-refractivity contribution >= 4 is 23.9 Å². The molecule has 4 heteroatoms. The van der Waals surface area contributed by atoms with Gasteiger partial charge in [0.15, 0.2) is 0 Å². The second-order valence-electron chi connectivity index (χ2n) is 0. The zero-order valence-corrected chi connectivity index (χ0v) is 5.66. The van der Waals surface area contributed by atoms with E-state index in [1.54, 1.807) is 0 Å². The molecule has 0 aromatic carbocycles. The van der Waals surface area contributed by atoms with Crippen molar-refractivity contribution in [1.29, 1.82) is 0 Å². The van der Waals surface area contributed by atoms with Crippen LogP contribution in [-0.4, -0.2) is 34.9 Å². The average Bonchev–Trinajstić information content (AvgIpc) is 0. The number of hydrogen-bond acceptors (Lipinski definition) is 0. The summed E-state index contributed by atoms with van der Waals surface area (Å²) in [5, 5.41) is 0. The fourth-order valence-corrected chi connectivity index (χ4v) is 0. The molecule has 0 aliphatic carbocycles. The third kappa shape index (κ3) is 10.7. The van der Waals surface area contributed by atoms with Gasteiger partial charge in [-0.05, 0) is 0 Å². The minimum Gasteiger partial charge on any atom is -0.412 e. The Hall–Kier alpha value is 1.21. The Morgan fingerprint density at radius 3 is 0.750 bits per heavy atom. The van der Waals surface area contributed by atoms with E-state index in [1.807, 2.05) is 0 Å². The van der Waals surface area contributed by atoms with Gasteiger partial charge in [0, 0.05) is 40.4 Å². The number of rotatable bonds is 0. The zero-order chi connectivity index (χ0) is 0. The van der Waals surface area contributed by atoms with Crippen LogP contribution < -0.4 is 0 Å². The smallest absolute Gasteiger partial charge is 0 e. The fourth-order valence-electron chi connectivity index (χ4n) is 0. The topological polar surface area (TPSA) is 63.0 Å². The summed E-state index contributed by atoms with van der Waals surface area (Å²) in [6, 6.07) is 0. The van der Waals surface area contributed by atoms with Gasteiger partial charge in [-0.15, -0.1) is 0 Å². The molecule has 0 saturated heterocycles. The van der Waals surface area contributed by atoms with Gasteiger partial charge in [0.25, 0.3) is 0 Å². The first-order chi connectivity index (χ1) is 0. The predicted octanol–water partition coefficient (Wildman–Crippen LogP) is -2.03. The van der Waals surface area contributed by atoms with Gasteiger partial charge in [0.2, 0.25) is 0 Å². The van der Waals surface area contributed by atoms with Crippen molar-refractivity contribution in [2.75, 3.05) is 0 Å². The van der Waals surface area contributed by atoms with Crippen molar-refractivity contribution in [2.45, 2.75) is 0 Å². The van der Waals surface area contributed by atoms with Crippen molar-refractivity contribution < 1.29 is 27.4 Å². The average molecular weight is 213 g/mol. The zero-order valence-electron chi connectivity index (χ0n) is 1.82. The van der Waals surface area contributed by atoms with E-state index in [4.69, 9.17) is 0 Å². The first kappa shape index (κ1) is 62.9. The summed E-state index contributed by atoms with van der Waals surface area (Å²) in [7, 11) is 0. The summed E-state index contributed by atoms with van der Waals surface area (Å²) in [6.45, 7) is 0. The Morgan fingerprint density at radius 1 is 0.750 bits per heavy atom. The monoisotopic (exact) mass is 214 g/mol. The third-order valence-corrected chi connectivity index (χ3v) is 0. The molecule has 4 N–H and O–H groups in total. The van der Waals surface area contributed by atoms with Crippen LogP contribution in [-0.2, 0) is 16.5 Å². The maximum atomic E-state index is 0. The molecule has 0 amide bonds. The van der Waals surface area contributed by atoms with Gasteiger partial charge >= 0.3 is 0 Å². The molecule has 0 heterocycles. The minimum absolute atomic E-state index is 0. The molecule has 0 aromatic rings.